The number of aliphatic hydroxyl groups excluding tert-OH is 1. The van der Waals surface area contributed by atoms with Gasteiger partial charge in [0.15, 0.2) is 0 Å². The lowest BCUT2D eigenvalue weighted by atomic mass is 10.2. The van der Waals surface area contributed by atoms with Crippen LogP contribution < -0.4 is 10.6 Å². The standard InChI is InChI=1S/C9H18N2O2/c1-3-5-10-6-9(13)11-8(4-2)7-12/h3,8,10,12H,1,4-7H2,2H3,(H,11,13). The smallest absolute Gasteiger partial charge is 0.234 e. The molecule has 0 heterocycles. The van der Waals surface area contributed by atoms with Gasteiger partial charge in [-0.05, 0) is 6.42 Å². The number of carbonyl (C=O) groups is 1. The van der Waals surface area contributed by atoms with Gasteiger partial charge in [0.25, 0.3) is 0 Å². The molecular weight excluding hydrogens is 168 g/mol. The molecule has 0 aliphatic heterocycles. The third-order valence-electron chi connectivity index (χ3n) is 1.65. The zero-order chi connectivity index (χ0) is 10.1. The zero-order valence-corrected chi connectivity index (χ0v) is 8.05. The summed E-state index contributed by atoms with van der Waals surface area (Å²) in [5.74, 6) is -0.0947. The number of hydrogen-bond acceptors (Lipinski definition) is 3. The van der Waals surface area contributed by atoms with Gasteiger partial charge in [0.2, 0.25) is 5.91 Å². The minimum atomic E-state index is -0.127. The number of hydrogen-bond donors (Lipinski definition) is 3. The van der Waals surface area contributed by atoms with E-state index in [4.69, 9.17) is 5.11 Å². The van der Waals surface area contributed by atoms with Gasteiger partial charge in [-0.25, -0.2) is 0 Å². The molecule has 13 heavy (non-hydrogen) atoms. The molecule has 1 atom stereocenters. The van der Waals surface area contributed by atoms with Crippen LogP contribution in [0.3, 0.4) is 0 Å². The van der Waals surface area contributed by atoms with Crippen LogP contribution in [0.1, 0.15) is 13.3 Å². The topological polar surface area (TPSA) is 61.4 Å². The van der Waals surface area contributed by atoms with Crippen LogP contribution in [0.5, 0.6) is 0 Å². The number of amides is 1. The summed E-state index contributed by atoms with van der Waals surface area (Å²) in [6.45, 7) is 6.30. The maximum atomic E-state index is 11.1. The van der Waals surface area contributed by atoms with Crippen molar-refractivity contribution >= 4 is 5.91 Å². The van der Waals surface area contributed by atoms with E-state index in [9.17, 15) is 4.79 Å². The van der Waals surface area contributed by atoms with Crippen molar-refractivity contribution in [1.82, 2.24) is 10.6 Å². The quantitative estimate of drug-likeness (QED) is 0.376. The molecule has 0 aromatic rings. The second-order valence-electron chi connectivity index (χ2n) is 2.77. The monoisotopic (exact) mass is 186 g/mol. The van der Waals surface area contributed by atoms with E-state index in [0.29, 0.717) is 6.54 Å². The van der Waals surface area contributed by atoms with Gasteiger partial charge >= 0.3 is 0 Å². The lowest BCUT2D eigenvalue weighted by Crippen LogP contribution is -2.41. The predicted octanol–water partition coefficient (Wildman–Crippen LogP) is -0.351. The molecule has 0 aliphatic carbocycles. The highest BCUT2D eigenvalue weighted by molar-refractivity contribution is 5.78. The Labute approximate surface area is 79.0 Å². The van der Waals surface area contributed by atoms with Crippen molar-refractivity contribution in [2.75, 3.05) is 19.7 Å². The fraction of sp³-hybridized carbons (Fsp3) is 0.667. The van der Waals surface area contributed by atoms with Crippen molar-refractivity contribution in [3.8, 4) is 0 Å². The van der Waals surface area contributed by atoms with E-state index < -0.39 is 0 Å². The van der Waals surface area contributed by atoms with Crippen LogP contribution in [0, 0.1) is 0 Å². The minimum Gasteiger partial charge on any atom is -0.394 e. The molecule has 0 spiro atoms. The summed E-state index contributed by atoms with van der Waals surface area (Å²) in [7, 11) is 0. The second kappa shape index (κ2) is 7.76. The normalized spacial score (nSPS) is 12.2. The Balaban J connectivity index is 3.53. The molecule has 0 saturated heterocycles. The molecule has 76 valence electrons. The van der Waals surface area contributed by atoms with Gasteiger partial charge in [-0.15, -0.1) is 6.58 Å². The molecule has 0 fully saturated rings. The van der Waals surface area contributed by atoms with Gasteiger partial charge < -0.3 is 15.7 Å². The molecule has 0 rings (SSSR count). The highest BCUT2D eigenvalue weighted by Crippen LogP contribution is 1.87. The summed E-state index contributed by atoms with van der Waals surface area (Å²) in [5.41, 5.74) is 0. The Morgan fingerprint density at radius 3 is 2.85 bits per heavy atom. The van der Waals surface area contributed by atoms with Crippen molar-refractivity contribution in [3.63, 3.8) is 0 Å². The van der Waals surface area contributed by atoms with E-state index in [1.165, 1.54) is 0 Å². The first-order valence-corrected chi connectivity index (χ1v) is 4.46. The maximum Gasteiger partial charge on any atom is 0.234 e. The molecule has 3 N–H and O–H groups in total. The number of aliphatic hydroxyl groups is 1. The molecule has 1 unspecified atom stereocenters. The van der Waals surface area contributed by atoms with Gasteiger partial charge in [-0.2, -0.15) is 0 Å². The van der Waals surface area contributed by atoms with Gasteiger partial charge in [0, 0.05) is 6.54 Å². The van der Waals surface area contributed by atoms with Gasteiger partial charge in [0.1, 0.15) is 0 Å². The number of rotatable bonds is 7. The first kappa shape index (κ1) is 12.1. The highest BCUT2D eigenvalue weighted by atomic mass is 16.3. The fourth-order valence-corrected chi connectivity index (χ4v) is 0.843. The Kier molecular flexibility index (Phi) is 7.24. The van der Waals surface area contributed by atoms with E-state index in [-0.39, 0.29) is 25.1 Å². The zero-order valence-electron chi connectivity index (χ0n) is 8.05. The van der Waals surface area contributed by atoms with E-state index in [1.807, 2.05) is 6.92 Å². The van der Waals surface area contributed by atoms with Crippen LogP contribution in [-0.4, -0.2) is 36.8 Å². The Hall–Kier alpha value is -0.870. The van der Waals surface area contributed by atoms with Crippen molar-refractivity contribution in [2.45, 2.75) is 19.4 Å². The van der Waals surface area contributed by atoms with Crippen molar-refractivity contribution in [2.24, 2.45) is 0 Å². The molecule has 0 bridgehead atoms. The van der Waals surface area contributed by atoms with E-state index >= 15 is 0 Å². The van der Waals surface area contributed by atoms with Crippen LogP contribution in [0.4, 0.5) is 0 Å². The lowest BCUT2D eigenvalue weighted by molar-refractivity contribution is -0.121. The summed E-state index contributed by atoms with van der Waals surface area (Å²) in [5, 5.41) is 14.4. The van der Waals surface area contributed by atoms with Crippen molar-refractivity contribution in [3.05, 3.63) is 12.7 Å². The van der Waals surface area contributed by atoms with Crippen LogP contribution in [0.15, 0.2) is 12.7 Å². The molecule has 4 heteroatoms. The van der Waals surface area contributed by atoms with Gasteiger partial charge in [-0.3, -0.25) is 4.79 Å². The Morgan fingerprint density at radius 2 is 2.38 bits per heavy atom. The number of carbonyl (C=O) groups excluding carboxylic acids is 1. The maximum absolute atomic E-state index is 11.1. The van der Waals surface area contributed by atoms with Crippen LogP contribution in [0.25, 0.3) is 0 Å². The molecule has 0 radical (unpaired) electrons. The Bertz CT molecular complexity index is 156. The molecule has 0 aromatic carbocycles. The largest absolute Gasteiger partial charge is 0.394 e. The van der Waals surface area contributed by atoms with Crippen LogP contribution in [-0.2, 0) is 4.79 Å². The van der Waals surface area contributed by atoms with E-state index in [0.717, 1.165) is 6.42 Å². The predicted molar refractivity (Wildman–Crippen MR) is 52.4 cm³/mol. The SMILES string of the molecule is C=CCNCC(=O)NC(CC)CO. The van der Waals surface area contributed by atoms with Crippen LogP contribution >= 0.6 is 0 Å². The Morgan fingerprint density at radius 1 is 1.69 bits per heavy atom. The summed E-state index contributed by atoms with van der Waals surface area (Å²) in [6.07, 6.45) is 2.43. The summed E-state index contributed by atoms with van der Waals surface area (Å²) in [6, 6.07) is -0.127. The highest BCUT2D eigenvalue weighted by Gasteiger charge is 2.07. The lowest BCUT2D eigenvalue weighted by Gasteiger charge is -2.13. The molecule has 0 saturated carbocycles. The molecule has 0 aliphatic rings. The van der Waals surface area contributed by atoms with Gasteiger partial charge in [0.05, 0.1) is 19.2 Å². The van der Waals surface area contributed by atoms with Gasteiger partial charge in [-0.1, -0.05) is 13.0 Å². The minimum absolute atomic E-state index is 0.0102. The third kappa shape index (κ3) is 6.31. The molecular formula is C9H18N2O2. The van der Waals surface area contributed by atoms with Crippen molar-refractivity contribution < 1.29 is 9.90 Å². The summed E-state index contributed by atoms with van der Waals surface area (Å²) in [4.78, 5) is 11.1. The average Bonchev–Trinajstić information content (AvgIpc) is 2.14. The van der Waals surface area contributed by atoms with Crippen molar-refractivity contribution in [1.29, 1.82) is 0 Å². The first-order chi connectivity index (χ1) is 6.24. The number of nitrogens with one attached hydrogen (secondary N) is 2. The third-order valence-corrected chi connectivity index (χ3v) is 1.65. The van der Waals surface area contributed by atoms with E-state index in [1.54, 1.807) is 6.08 Å². The summed E-state index contributed by atoms with van der Waals surface area (Å²) >= 11 is 0. The second-order valence-corrected chi connectivity index (χ2v) is 2.77. The average molecular weight is 186 g/mol. The molecule has 4 nitrogen and oxygen atoms in total. The van der Waals surface area contributed by atoms with E-state index in [2.05, 4.69) is 17.2 Å². The van der Waals surface area contributed by atoms with Crippen LogP contribution in [0.2, 0.25) is 0 Å². The summed E-state index contributed by atoms with van der Waals surface area (Å²) < 4.78 is 0. The fourth-order valence-electron chi connectivity index (χ4n) is 0.843. The molecule has 1 amide bonds. The first-order valence-electron chi connectivity index (χ1n) is 4.46. The molecule has 0 aromatic heterocycles.